The minimum Gasteiger partial charge on any atom is -0.396 e. The van der Waals surface area contributed by atoms with Crippen LogP contribution in [0, 0.1) is 0 Å². The second-order valence-electron chi connectivity index (χ2n) is 3.73. The molecule has 17 heavy (non-hydrogen) atoms. The molecule has 0 saturated heterocycles. The lowest BCUT2D eigenvalue weighted by molar-refractivity contribution is 0.276. The Kier molecular flexibility index (Phi) is 4.23. The molecule has 2 heterocycles. The molecule has 7 nitrogen and oxygen atoms in total. The fourth-order valence-corrected chi connectivity index (χ4v) is 1.47. The lowest BCUT2D eigenvalue weighted by Gasteiger charge is -1.99. The Hall–Kier alpha value is -1.73. The van der Waals surface area contributed by atoms with Crippen molar-refractivity contribution in [3.63, 3.8) is 0 Å². The third-order valence-electron chi connectivity index (χ3n) is 2.31. The molecule has 0 spiro atoms. The summed E-state index contributed by atoms with van der Waals surface area (Å²) in [4.78, 5) is 6.95. The van der Waals surface area contributed by atoms with Crippen LogP contribution < -0.4 is 5.32 Å². The van der Waals surface area contributed by atoms with Crippen molar-refractivity contribution in [2.75, 3.05) is 6.61 Å². The molecule has 0 aliphatic rings. The minimum absolute atomic E-state index is 0.174. The summed E-state index contributed by atoms with van der Waals surface area (Å²) in [6.45, 7) is 2.26. The Morgan fingerprint density at radius 3 is 3.12 bits per heavy atom. The predicted molar refractivity (Wildman–Crippen MR) is 60.9 cm³/mol. The summed E-state index contributed by atoms with van der Waals surface area (Å²) in [5, 5.41) is 19.9. The summed E-state index contributed by atoms with van der Waals surface area (Å²) in [5.74, 6) is 0. The first-order valence-electron chi connectivity index (χ1n) is 5.56. The van der Waals surface area contributed by atoms with Crippen molar-refractivity contribution in [2.45, 2.75) is 26.1 Å². The van der Waals surface area contributed by atoms with Gasteiger partial charge in [0, 0.05) is 44.3 Å². The van der Waals surface area contributed by atoms with E-state index < -0.39 is 0 Å². The summed E-state index contributed by atoms with van der Waals surface area (Å²) in [6.07, 6.45) is 6.02. The summed E-state index contributed by atoms with van der Waals surface area (Å²) in [7, 11) is 0. The number of imidazole rings is 1. The second kappa shape index (κ2) is 6.12. The molecule has 0 saturated carbocycles. The molecule has 0 atom stereocenters. The highest BCUT2D eigenvalue weighted by molar-refractivity contribution is 4.96. The van der Waals surface area contributed by atoms with E-state index in [2.05, 4.69) is 25.6 Å². The highest BCUT2D eigenvalue weighted by Crippen LogP contribution is 1.96. The standard InChI is InChI=1S/C10H16N6O/c17-3-1-2-16-7-10(14-15-16)6-11-4-9-5-12-8-13-9/h5,7-8,11,17H,1-4,6H2,(H,12,13). The monoisotopic (exact) mass is 236 g/mol. The zero-order chi connectivity index (χ0) is 11.9. The van der Waals surface area contributed by atoms with Gasteiger partial charge in [0.25, 0.3) is 0 Å². The molecule has 7 heteroatoms. The van der Waals surface area contributed by atoms with Crippen LogP contribution >= 0.6 is 0 Å². The summed E-state index contributed by atoms with van der Waals surface area (Å²) >= 11 is 0. The zero-order valence-corrected chi connectivity index (χ0v) is 9.50. The smallest absolute Gasteiger partial charge is 0.0964 e. The maximum Gasteiger partial charge on any atom is 0.0964 e. The Bertz CT molecular complexity index is 424. The van der Waals surface area contributed by atoms with Gasteiger partial charge < -0.3 is 15.4 Å². The average molecular weight is 236 g/mol. The van der Waals surface area contributed by atoms with E-state index in [0.29, 0.717) is 19.5 Å². The second-order valence-corrected chi connectivity index (χ2v) is 3.73. The lowest BCUT2D eigenvalue weighted by atomic mass is 10.4. The highest BCUT2D eigenvalue weighted by atomic mass is 16.3. The van der Waals surface area contributed by atoms with Crippen molar-refractivity contribution >= 4 is 0 Å². The minimum atomic E-state index is 0.174. The van der Waals surface area contributed by atoms with Gasteiger partial charge in [-0.3, -0.25) is 4.68 Å². The maximum absolute atomic E-state index is 8.70. The molecule has 92 valence electrons. The van der Waals surface area contributed by atoms with Crippen molar-refractivity contribution in [3.05, 3.63) is 30.1 Å². The third-order valence-corrected chi connectivity index (χ3v) is 2.31. The molecule has 0 fully saturated rings. The van der Waals surface area contributed by atoms with E-state index in [1.165, 1.54) is 0 Å². The van der Waals surface area contributed by atoms with Gasteiger partial charge in [0.15, 0.2) is 0 Å². The lowest BCUT2D eigenvalue weighted by Crippen LogP contribution is -2.13. The fraction of sp³-hybridized carbons (Fsp3) is 0.500. The van der Waals surface area contributed by atoms with Crippen LogP contribution in [0.4, 0.5) is 0 Å². The van der Waals surface area contributed by atoms with Crippen molar-refractivity contribution in [2.24, 2.45) is 0 Å². The van der Waals surface area contributed by atoms with Gasteiger partial charge >= 0.3 is 0 Å². The number of aryl methyl sites for hydroxylation is 1. The number of H-pyrrole nitrogens is 1. The largest absolute Gasteiger partial charge is 0.396 e. The molecular formula is C10H16N6O. The molecule has 0 radical (unpaired) electrons. The fourth-order valence-electron chi connectivity index (χ4n) is 1.47. The van der Waals surface area contributed by atoms with Crippen molar-refractivity contribution in [3.8, 4) is 0 Å². The van der Waals surface area contributed by atoms with E-state index in [9.17, 15) is 0 Å². The summed E-state index contributed by atoms with van der Waals surface area (Å²) in [5.41, 5.74) is 1.93. The number of hydrogen-bond acceptors (Lipinski definition) is 5. The Balaban J connectivity index is 1.73. The number of aromatic nitrogens is 5. The molecule has 3 N–H and O–H groups in total. The van der Waals surface area contributed by atoms with Gasteiger partial charge in [0.05, 0.1) is 12.0 Å². The van der Waals surface area contributed by atoms with Crippen LogP contribution in [-0.2, 0) is 19.6 Å². The van der Waals surface area contributed by atoms with Crippen LogP contribution in [0.1, 0.15) is 17.8 Å². The van der Waals surface area contributed by atoms with Gasteiger partial charge in [-0.2, -0.15) is 0 Å². The molecule has 0 amide bonds. The topological polar surface area (TPSA) is 91.7 Å². The first kappa shape index (κ1) is 11.7. The first-order valence-corrected chi connectivity index (χ1v) is 5.56. The van der Waals surface area contributed by atoms with Gasteiger partial charge in [-0.1, -0.05) is 5.21 Å². The zero-order valence-electron chi connectivity index (χ0n) is 9.50. The average Bonchev–Trinajstić information content (AvgIpc) is 2.98. The van der Waals surface area contributed by atoms with Crippen LogP contribution in [0.25, 0.3) is 0 Å². The van der Waals surface area contributed by atoms with E-state index in [1.807, 2.05) is 6.20 Å². The molecule has 0 unspecified atom stereocenters. The van der Waals surface area contributed by atoms with Crippen molar-refractivity contribution < 1.29 is 5.11 Å². The van der Waals surface area contributed by atoms with Crippen LogP contribution in [0.15, 0.2) is 18.7 Å². The van der Waals surface area contributed by atoms with Gasteiger partial charge in [-0.25, -0.2) is 4.98 Å². The van der Waals surface area contributed by atoms with Gasteiger partial charge in [-0.05, 0) is 6.42 Å². The van der Waals surface area contributed by atoms with Crippen LogP contribution in [0.3, 0.4) is 0 Å². The number of hydrogen-bond donors (Lipinski definition) is 3. The first-order chi connectivity index (χ1) is 8.38. The van der Waals surface area contributed by atoms with Crippen LogP contribution in [0.5, 0.6) is 0 Å². The van der Waals surface area contributed by atoms with Crippen LogP contribution in [0.2, 0.25) is 0 Å². The molecule has 0 bridgehead atoms. The third kappa shape index (κ3) is 3.65. The number of aliphatic hydroxyl groups excluding tert-OH is 1. The van der Waals surface area contributed by atoms with Gasteiger partial charge in [0.1, 0.15) is 0 Å². The Morgan fingerprint density at radius 1 is 1.41 bits per heavy atom. The number of nitrogens with zero attached hydrogens (tertiary/aromatic N) is 4. The van der Waals surface area contributed by atoms with Crippen molar-refractivity contribution in [1.82, 2.24) is 30.3 Å². The van der Waals surface area contributed by atoms with E-state index >= 15 is 0 Å². The molecular weight excluding hydrogens is 220 g/mol. The van der Waals surface area contributed by atoms with Gasteiger partial charge in [0.2, 0.25) is 0 Å². The van der Waals surface area contributed by atoms with Gasteiger partial charge in [-0.15, -0.1) is 5.10 Å². The predicted octanol–water partition coefficient (Wildman–Crippen LogP) is -0.327. The van der Waals surface area contributed by atoms with E-state index in [1.54, 1.807) is 17.2 Å². The number of aromatic amines is 1. The molecule has 2 aromatic heterocycles. The normalized spacial score (nSPS) is 10.9. The highest BCUT2D eigenvalue weighted by Gasteiger charge is 2.00. The van der Waals surface area contributed by atoms with E-state index in [0.717, 1.165) is 17.9 Å². The quantitative estimate of drug-likeness (QED) is 0.612. The van der Waals surface area contributed by atoms with Crippen molar-refractivity contribution in [1.29, 1.82) is 0 Å². The molecule has 0 aromatic carbocycles. The van der Waals surface area contributed by atoms with E-state index in [4.69, 9.17) is 5.11 Å². The molecule has 0 aliphatic heterocycles. The Morgan fingerprint density at radius 2 is 2.35 bits per heavy atom. The summed E-state index contributed by atoms with van der Waals surface area (Å²) in [6, 6.07) is 0. The van der Waals surface area contributed by atoms with E-state index in [-0.39, 0.29) is 6.61 Å². The Labute approximate surface area is 98.9 Å². The van der Waals surface area contributed by atoms with Crippen LogP contribution in [-0.4, -0.2) is 36.7 Å². The number of nitrogens with one attached hydrogen (secondary N) is 2. The molecule has 2 aromatic rings. The number of aliphatic hydroxyl groups is 1. The summed E-state index contributed by atoms with van der Waals surface area (Å²) < 4.78 is 1.74. The SMILES string of the molecule is OCCCn1cc(CNCc2cnc[nH]2)nn1. The molecule has 2 rings (SSSR count). The molecule has 0 aliphatic carbocycles. The maximum atomic E-state index is 8.70. The number of rotatable bonds is 7.